The second-order valence-corrected chi connectivity index (χ2v) is 14.5. The van der Waals surface area contributed by atoms with E-state index in [4.69, 9.17) is 4.74 Å². The van der Waals surface area contributed by atoms with E-state index in [1.807, 2.05) is 37.4 Å². The number of hydrogen-bond acceptors (Lipinski definition) is 5. The maximum atomic E-state index is 12.5. The molecule has 6 rings (SSSR count). The van der Waals surface area contributed by atoms with Crippen LogP contribution < -0.4 is 10.1 Å². The number of amides is 1. The zero-order valence-corrected chi connectivity index (χ0v) is 28.2. The van der Waals surface area contributed by atoms with Crippen LogP contribution in [0.4, 0.5) is 5.69 Å². The summed E-state index contributed by atoms with van der Waals surface area (Å²) in [6.45, 7) is 12.1. The van der Waals surface area contributed by atoms with Crippen molar-refractivity contribution in [2.45, 2.75) is 98.6 Å². The third-order valence-electron chi connectivity index (χ3n) is 11.3. The maximum Gasteiger partial charge on any atom is 0.222 e. The van der Waals surface area contributed by atoms with Gasteiger partial charge in [-0.1, -0.05) is 51.1 Å². The Bertz CT molecular complexity index is 1290. The minimum absolute atomic E-state index is 0.121. The second kappa shape index (κ2) is 13.9. The molecule has 1 saturated heterocycles. The van der Waals surface area contributed by atoms with Gasteiger partial charge in [0.15, 0.2) is 5.78 Å². The molecule has 1 aliphatic heterocycles. The van der Waals surface area contributed by atoms with Crippen molar-refractivity contribution in [2.24, 2.45) is 34.5 Å². The van der Waals surface area contributed by atoms with E-state index in [-0.39, 0.29) is 17.0 Å². The molecule has 1 amide bonds. The fourth-order valence-corrected chi connectivity index (χ4v) is 9.11. The van der Waals surface area contributed by atoms with Gasteiger partial charge < -0.3 is 19.7 Å². The predicted octanol–water partition coefficient (Wildman–Crippen LogP) is 8.07. The minimum Gasteiger partial charge on any atom is -0.490 e. The van der Waals surface area contributed by atoms with Crippen molar-refractivity contribution in [3.05, 3.63) is 60.2 Å². The van der Waals surface area contributed by atoms with Crippen LogP contribution in [0.15, 0.2) is 54.6 Å². The number of piperidine rings is 1. The molecule has 4 unspecified atom stereocenters. The van der Waals surface area contributed by atoms with E-state index in [9.17, 15) is 14.4 Å². The standard InChI is InChI=1S/C27H40N2O2.C8H8O.C3H6O/c1-17-14-23-27(3,13-11-24(30)29(23)5)21-10-12-26(2)16-20(15-22(26)25(17)21)31-19-8-6-18(28-4)7-9-19;1-7(9)8-5-3-2-4-6-8;1-3(2)4/h6-9,17,20-23,25,28H,10-16H2,1-5H3;2-6H,1H3;1-2H3/t17-,20-,21?,22?,23?,25?,26+,27+;;/m0../s1. The topological polar surface area (TPSA) is 75.7 Å². The molecule has 4 fully saturated rings. The first-order valence-electron chi connectivity index (χ1n) is 16.5. The van der Waals surface area contributed by atoms with Crippen molar-refractivity contribution in [3.63, 3.8) is 0 Å². The van der Waals surface area contributed by atoms with Crippen molar-refractivity contribution in [2.75, 3.05) is 19.4 Å². The van der Waals surface area contributed by atoms with Crippen molar-refractivity contribution in [1.29, 1.82) is 0 Å². The normalized spacial score (nSPS) is 33.6. The molecule has 240 valence electrons. The van der Waals surface area contributed by atoms with Crippen molar-refractivity contribution >= 4 is 23.2 Å². The van der Waals surface area contributed by atoms with Gasteiger partial charge in [-0.2, -0.15) is 0 Å². The monoisotopic (exact) mass is 602 g/mol. The molecule has 4 aliphatic rings. The summed E-state index contributed by atoms with van der Waals surface area (Å²) in [5.74, 6) is 4.56. The van der Waals surface area contributed by atoms with E-state index in [0.29, 0.717) is 29.4 Å². The van der Waals surface area contributed by atoms with Crippen LogP contribution in [0.5, 0.6) is 5.75 Å². The number of hydrogen-bond donors (Lipinski definition) is 1. The van der Waals surface area contributed by atoms with Crippen LogP contribution in [0.2, 0.25) is 0 Å². The van der Waals surface area contributed by atoms with Crippen molar-refractivity contribution in [1.82, 2.24) is 4.90 Å². The number of fused-ring (bicyclic) bond motifs is 5. The summed E-state index contributed by atoms with van der Waals surface area (Å²) in [5, 5.41) is 3.18. The third-order valence-corrected chi connectivity index (χ3v) is 11.3. The molecular weight excluding hydrogens is 548 g/mol. The SMILES string of the molecule is CC(=O)c1ccccc1.CC(C)=O.CNc1ccc(O[C@H]2CC3C4C(CC[C@]3(C)C2)[C@@]2(C)CCC(=O)N(C)C2C[C@@H]4C)cc1. The lowest BCUT2D eigenvalue weighted by Gasteiger charge is -2.63. The van der Waals surface area contributed by atoms with E-state index in [2.05, 4.69) is 62.3 Å². The van der Waals surface area contributed by atoms with E-state index >= 15 is 0 Å². The maximum absolute atomic E-state index is 12.5. The highest BCUT2D eigenvalue weighted by Gasteiger charge is 2.62. The number of benzene rings is 2. The van der Waals surface area contributed by atoms with Crippen molar-refractivity contribution in [3.8, 4) is 5.75 Å². The Hall–Kier alpha value is -3.15. The number of carbonyl (C=O) groups excluding carboxylic acids is 3. The Labute approximate surface area is 265 Å². The first-order valence-corrected chi connectivity index (χ1v) is 16.5. The Morgan fingerprint density at radius 1 is 0.932 bits per heavy atom. The van der Waals surface area contributed by atoms with Gasteiger partial charge in [0.05, 0.1) is 6.10 Å². The van der Waals surface area contributed by atoms with Crippen molar-refractivity contribution < 1.29 is 19.1 Å². The summed E-state index contributed by atoms with van der Waals surface area (Å²) in [4.78, 5) is 34.7. The fraction of sp³-hybridized carbons (Fsp3) is 0.605. The zero-order chi connectivity index (χ0) is 32.2. The number of ketones is 2. The molecule has 3 aliphatic carbocycles. The lowest BCUT2D eigenvalue weighted by molar-refractivity contribution is -0.164. The summed E-state index contributed by atoms with van der Waals surface area (Å²) in [7, 11) is 4.01. The van der Waals surface area contributed by atoms with Gasteiger partial charge >= 0.3 is 0 Å². The number of rotatable bonds is 4. The molecule has 0 radical (unpaired) electrons. The first kappa shape index (κ1) is 33.7. The average Bonchev–Trinajstić information content (AvgIpc) is 3.33. The molecular formula is C38H54N2O4. The molecule has 0 spiro atoms. The molecule has 2 aromatic carbocycles. The second-order valence-electron chi connectivity index (χ2n) is 14.5. The van der Waals surface area contributed by atoms with E-state index in [0.717, 1.165) is 47.6 Å². The number of carbonyl (C=O) groups is 3. The van der Waals surface area contributed by atoms with Crippen LogP contribution in [0.3, 0.4) is 0 Å². The van der Waals surface area contributed by atoms with Gasteiger partial charge in [0.1, 0.15) is 11.5 Å². The molecule has 44 heavy (non-hydrogen) atoms. The quantitative estimate of drug-likeness (QED) is 0.358. The highest BCUT2D eigenvalue weighted by molar-refractivity contribution is 5.93. The van der Waals surface area contributed by atoms with E-state index in [1.165, 1.54) is 46.0 Å². The fourth-order valence-electron chi connectivity index (χ4n) is 9.11. The smallest absolute Gasteiger partial charge is 0.222 e. The van der Waals surface area contributed by atoms with Crippen LogP contribution in [0, 0.1) is 34.5 Å². The van der Waals surface area contributed by atoms with Crippen LogP contribution in [0.25, 0.3) is 0 Å². The number of likely N-dealkylation sites (tertiary alicyclic amines) is 1. The van der Waals surface area contributed by atoms with Gasteiger partial charge in [-0.3, -0.25) is 9.59 Å². The van der Waals surface area contributed by atoms with Gasteiger partial charge in [0, 0.05) is 37.8 Å². The van der Waals surface area contributed by atoms with Crippen LogP contribution >= 0.6 is 0 Å². The lowest BCUT2D eigenvalue weighted by atomic mass is 9.45. The number of ether oxygens (including phenoxy) is 1. The number of Topliss-reactive ketones (excluding diaryl/α,β-unsaturated/α-hetero) is 2. The largest absolute Gasteiger partial charge is 0.490 e. The summed E-state index contributed by atoms with van der Waals surface area (Å²) in [6.07, 6.45) is 8.30. The first-order chi connectivity index (χ1) is 20.8. The molecule has 1 heterocycles. The zero-order valence-electron chi connectivity index (χ0n) is 28.2. The average molecular weight is 603 g/mol. The highest BCUT2D eigenvalue weighted by Crippen LogP contribution is 2.66. The Morgan fingerprint density at radius 2 is 1.57 bits per heavy atom. The number of nitrogens with one attached hydrogen (secondary N) is 1. The molecule has 1 N–H and O–H groups in total. The summed E-state index contributed by atoms with van der Waals surface area (Å²) in [5.41, 5.74) is 2.57. The van der Waals surface area contributed by atoms with Gasteiger partial charge in [-0.25, -0.2) is 0 Å². The van der Waals surface area contributed by atoms with Crippen LogP contribution in [-0.4, -0.2) is 48.6 Å². The summed E-state index contributed by atoms with van der Waals surface area (Å²) in [6, 6.07) is 18.0. The van der Waals surface area contributed by atoms with Crippen LogP contribution in [0.1, 0.15) is 96.8 Å². The van der Waals surface area contributed by atoms with E-state index in [1.54, 1.807) is 6.92 Å². The van der Waals surface area contributed by atoms with Gasteiger partial charge in [-0.15, -0.1) is 0 Å². The number of anilines is 1. The van der Waals surface area contributed by atoms with Gasteiger partial charge in [-0.05, 0) is 118 Å². The van der Waals surface area contributed by atoms with E-state index < -0.39 is 0 Å². The summed E-state index contributed by atoms with van der Waals surface area (Å²) < 4.78 is 6.53. The molecule has 0 aromatic heterocycles. The minimum atomic E-state index is 0.121. The summed E-state index contributed by atoms with van der Waals surface area (Å²) >= 11 is 0. The Kier molecular flexibility index (Phi) is 10.6. The molecule has 0 bridgehead atoms. The molecule has 2 aromatic rings. The third kappa shape index (κ3) is 7.21. The Balaban J connectivity index is 0.000000284. The molecule has 3 saturated carbocycles. The molecule has 6 heteroatoms. The Morgan fingerprint density at radius 3 is 2.14 bits per heavy atom. The number of nitrogens with zero attached hydrogens (tertiary/aromatic N) is 1. The van der Waals surface area contributed by atoms with Gasteiger partial charge in [0.25, 0.3) is 0 Å². The van der Waals surface area contributed by atoms with Gasteiger partial charge in [0.2, 0.25) is 5.91 Å². The molecule has 6 nitrogen and oxygen atoms in total. The lowest BCUT2D eigenvalue weighted by Crippen LogP contribution is -2.62. The predicted molar refractivity (Wildman–Crippen MR) is 178 cm³/mol. The van der Waals surface area contributed by atoms with Crippen LogP contribution in [-0.2, 0) is 9.59 Å². The molecule has 8 atom stereocenters. The highest BCUT2D eigenvalue weighted by atomic mass is 16.5.